The number of amides is 2. The number of hydrogen-bond donors (Lipinski definition) is 2. The second kappa shape index (κ2) is 8.66. The van der Waals surface area contributed by atoms with Gasteiger partial charge < -0.3 is 20.5 Å². The van der Waals surface area contributed by atoms with Crippen LogP contribution in [-0.4, -0.2) is 29.4 Å². The lowest BCUT2D eigenvalue weighted by Crippen LogP contribution is -2.39. The Morgan fingerprint density at radius 3 is 1.91 bits per heavy atom. The maximum Gasteiger partial charge on any atom is 0.407 e. The molecular formula is C16H30N2O4. The largest absolute Gasteiger partial charge is 0.444 e. The zero-order valence-corrected chi connectivity index (χ0v) is 14.6. The van der Waals surface area contributed by atoms with Gasteiger partial charge in [-0.15, -0.1) is 0 Å². The first-order chi connectivity index (χ1) is 9.89. The van der Waals surface area contributed by atoms with Crippen LogP contribution in [0.15, 0.2) is 12.2 Å². The quantitative estimate of drug-likeness (QED) is 0.725. The van der Waals surface area contributed by atoms with Gasteiger partial charge in [0.2, 0.25) is 0 Å². The first-order valence-corrected chi connectivity index (χ1v) is 7.52. The Kier molecular flexibility index (Phi) is 7.98. The van der Waals surface area contributed by atoms with E-state index in [0.717, 1.165) is 19.3 Å². The van der Waals surface area contributed by atoms with E-state index in [1.165, 1.54) is 0 Å². The van der Waals surface area contributed by atoms with Crippen molar-refractivity contribution >= 4 is 12.2 Å². The van der Waals surface area contributed by atoms with Crippen LogP contribution in [-0.2, 0) is 9.47 Å². The Bertz CT molecular complexity index is 392. The van der Waals surface area contributed by atoms with Gasteiger partial charge in [-0.05, 0) is 60.8 Å². The lowest BCUT2D eigenvalue weighted by Gasteiger charge is -2.24. The summed E-state index contributed by atoms with van der Waals surface area (Å²) in [5.41, 5.74) is 3.86. The van der Waals surface area contributed by atoms with Crippen molar-refractivity contribution in [1.29, 1.82) is 0 Å². The van der Waals surface area contributed by atoms with Gasteiger partial charge in [-0.25, -0.2) is 9.59 Å². The number of hydrogen-bond acceptors (Lipinski definition) is 4. The molecule has 0 heterocycles. The molecule has 0 aromatic heterocycles. The summed E-state index contributed by atoms with van der Waals surface area (Å²) in [6.07, 6.45) is 6.18. The molecule has 0 saturated carbocycles. The number of nitrogens with one attached hydrogen (secondary N) is 1. The van der Waals surface area contributed by atoms with E-state index in [-0.39, 0.29) is 12.1 Å². The highest BCUT2D eigenvalue weighted by Gasteiger charge is 2.19. The fraction of sp³-hybridized carbons (Fsp3) is 0.750. The first-order valence-electron chi connectivity index (χ1n) is 7.52. The number of alkyl carbamates (subject to hydrolysis) is 1. The summed E-state index contributed by atoms with van der Waals surface area (Å²) in [6.45, 7) is 10.9. The molecule has 22 heavy (non-hydrogen) atoms. The third-order valence-electron chi connectivity index (χ3n) is 2.40. The number of rotatable bonds is 1. The predicted octanol–water partition coefficient (Wildman–Crippen LogP) is 3.50. The summed E-state index contributed by atoms with van der Waals surface area (Å²) in [4.78, 5) is 21.4. The van der Waals surface area contributed by atoms with Crippen molar-refractivity contribution in [3.8, 4) is 0 Å². The van der Waals surface area contributed by atoms with Crippen LogP contribution in [0.2, 0.25) is 0 Å². The molecule has 128 valence electrons. The molecule has 1 atom stereocenters. The lowest BCUT2D eigenvalue weighted by molar-refractivity contribution is 0.0500. The Labute approximate surface area is 133 Å². The fourth-order valence-corrected chi connectivity index (χ4v) is 1.70. The molecule has 6 nitrogen and oxygen atoms in total. The molecule has 1 aliphatic carbocycles. The fourth-order valence-electron chi connectivity index (χ4n) is 1.70. The van der Waals surface area contributed by atoms with Gasteiger partial charge in [0, 0.05) is 6.04 Å². The molecule has 6 heteroatoms. The monoisotopic (exact) mass is 314 g/mol. The predicted molar refractivity (Wildman–Crippen MR) is 86.6 cm³/mol. The standard InChI is InChI=1S/C11H19NO2.C5H11NO2/c1-11(2,3)14-10(13)12-9-7-5-4-6-8-9;1-5(2,3)8-4(6)7/h4-5,9H,6-8H2,1-3H3,(H,12,13);1-3H3,(H2,6,7). The van der Waals surface area contributed by atoms with E-state index in [4.69, 9.17) is 10.5 Å². The van der Waals surface area contributed by atoms with E-state index in [2.05, 4.69) is 22.2 Å². The molecule has 0 radical (unpaired) electrons. The highest BCUT2D eigenvalue weighted by atomic mass is 16.6. The van der Waals surface area contributed by atoms with Crippen molar-refractivity contribution < 1.29 is 19.1 Å². The Balaban J connectivity index is 0.000000472. The van der Waals surface area contributed by atoms with Crippen LogP contribution < -0.4 is 11.1 Å². The highest BCUT2D eigenvalue weighted by Crippen LogP contribution is 2.12. The molecule has 0 fully saturated rings. The average molecular weight is 314 g/mol. The molecular weight excluding hydrogens is 284 g/mol. The lowest BCUT2D eigenvalue weighted by atomic mass is 10.0. The maximum absolute atomic E-state index is 11.4. The molecule has 1 aliphatic rings. The second-order valence-electron chi connectivity index (χ2n) is 7.16. The molecule has 1 unspecified atom stereocenters. The van der Waals surface area contributed by atoms with Gasteiger partial charge in [0.1, 0.15) is 11.2 Å². The molecule has 0 aromatic carbocycles. The first kappa shape index (κ1) is 20.3. The van der Waals surface area contributed by atoms with Gasteiger partial charge in [0.15, 0.2) is 0 Å². The summed E-state index contributed by atoms with van der Waals surface area (Å²) < 4.78 is 9.74. The zero-order chi connectivity index (χ0) is 17.4. The Hall–Kier alpha value is -1.72. The van der Waals surface area contributed by atoms with Crippen LogP contribution in [0.1, 0.15) is 60.8 Å². The summed E-state index contributed by atoms with van der Waals surface area (Å²) in [6, 6.07) is 0.245. The van der Waals surface area contributed by atoms with Crippen molar-refractivity contribution in [2.75, 3.05) is 0 Å². The molecule has 1 rings (SSSR count). The van der Waals surface area contributed by atoms with Gasteiger partial charge in [-0.2, -0.15) is 0 Å². The minimum Gasteiger partial charge on any atom is -0.444 e. The summed E-state index contributed by atoms with van der Waals surface area (Å²) >= 11 is 0. The van der Waals surface area contributed by atoms with Gasteiger partial charge in [-0.3, -0.25) is 0 Å². The molecule has 3 N–H and O–H groups in total. The van der Waals surface area contributed by atoms with Crippen molar-refractivity contribution in [2.45, 2.75) is 78.0 Å². The zero-order valence-electron chi connectivity index (χ0n) is 14.6. The number of carbonyl (C=O) groups excluding carboxylic acids is 2. The smallest absolute Gasteiger partial charge is 0.407 e. The van der Waals surface area contributed by atoms with Crippen LogP contribution in [0.5, 0.6) is 0 Å². The molecule has 0 spiro atoms. The van der Waals surface area contributed by atoms with Crippen LogP contribution in [0.4, 0.5) is 9.59 Å². The van der Waals surface area contributed by atoms with Crippen LogP contribution in [0.3, 0.4) is 0 Å². The average Bonchev–Trinajstić information content (AvgIpc) is 2.24. The van der Waals surface area contributed by atoms with Crippen molar-refractivity contribution in [3.05, 3.63) is 12.2 Å². The van der Waals surface area contributed by atoms with E-state index < -0.39 is 17.3 Å². The minimum atomic E-state index is -0.725. The number of nitrogens with two attached hydrogens (primary N) is 1. The molecule has 0 aromatic rings. The van der Waals surface area contributed by atoms with E-state index in [0.29, 0.717) is 0 Å². The van der Waals surface area contributed by atoms with E-state index in [1.54, 1.807) is 20.8 Å². The van der Waals surface area contributed by atoms with E-state index in [1.807, 2.05) is 20.8 Å². The van der Waals surface area contributed by atoms with Crippen LogP contribution in [0, 0.1) is 0 Å². The van der Waals surface area contributed by atoms with Crippen LogP contribution >= 0.6 is 0 Å². The topological polar surface area (TPSA) is 90.7 Å². The third-order valence-corrected chi connectivity index (χ3v) is 2.40. The SMILES string of the molecule is CC(C)(C)OC(=O)NC1CC=CCC1.CC(C)(C)OC(N)=O. The second-order valence-corrected chi connectivity index (χ2v) is 7.16. The van der Waals surface area contributed by atoms with Gasteiger partial charge in [0.05, 0.1) is 0 Å². The Morgan fingerprint density at radius 2 is 1.59 bits per heavy atom. The third kappa shape index (κ3) is 13.3. The summed E-state index contributed by atoms with van der Waals surface area (Å²) in [7, 11) is 0. The molecule has 0 bridgehead atoms. The number of carbonyl (C=O) groups is 2. The maximum atomic E-state index is 11.4. The number of ether oxygens (including phenoxy) is 2. The van der Waals surface area contributed by atoms with Crippen molar-refractivity contribution in [3.63, 3.8) is 0 Å². The summed E-state index contributed by atoms with van der Waals surface area (Å²) in [5, 5.41) is 2.86. The molecule has 2 amide bonds. The van der Waals surface area contributed by atoms with Gasteiger partial charge >= 0.3 is 12.2 Å². The van der Waals surface area contributed by atoms with Crippen molar-refractivity contribution in [1.82, 2.24) is 5.32 Å². The van der Waals surface area contributed by atoms with Gasteiger partial charge in [0.25, 0.3) is 0 Å². The Morgan fingerprint density at radius 1 is 1.05 bits per heavy atom. The number of primary amides is 1. The number of allylic oxidation sites excluding steroid dienone is 1. The molecule has 0 saturated heterocycles. The van der Waals surface area contributed by atoms with Crippen molar-refractivity contribution in [2.24, 2.45) is 5.73 Å². The highest BCUT2D eigenvalue weighted by molar-refractivity contribution is 5.68. The van der Waals surface area contributed by atoms with E-state index >= 15 is 0 Å². The van der Waals surface area contributed by atoms with Gasteiger partial charge in [-0.1, -0.05) is 12.2 Å². The summed E-state index contributed by atoms with van der Waals surface area (Å²) in [5.74, 6) is 0. The minimum absolute atomic E-state index is 0.245. The normalized spacial score (nSPS) is 17.8. The van der Waals surface area contributed by atoms with E-state index in [9.17, 15) is 9.59 Å². The van der Waals surface area contributed by atoms with Crippen LogP contribution in [0.25, 0.3) is 0 Å². The molecule has 0 aliphatic heterocycles.